The van der Waals surface area contributed by atoms with E-state index in [2.05, 4.69) is 15.9 Å². The summed E-state index contributed by atoms with van der Waals surface area (Å²) in [7, 11) is 0. The molecule has 33 heavy (non-hydrogen) atoms. The van der Waals surface area contributed by atoms with E-state index in [4.69, 9.17) is 14.2 Å². The lowest BCUT2D eigenvalue weighted by Gasteiger charge is -2.34. The van der Waals surface area contributed by atoms with Gasteiger partial charge in [0.15, 0.2) is 11.5 Å². The van der Waals surface area contributed by atoms with E-state index in [9.17, 15) is 14.4 Å². The van der Waals surface area contributed by atoms with E-state index >= 15 is 0 Å². The van der Waals surface area contributed by atoms with Crippen LogP contribution in [-0.4, -0.2) is 53.9 Å². The van der Waals surface area contributed by atoms with Gasteiger partial charge in [0.2, 0.25) is 0 Å². The van der Waals surface area contributed by atoms with Gasteiger partial charge in [-0.3, -0.25) is 24.2 Å². The van der Waals surface area contributed by atoms with Gasteiger partial charge >= 0.3 is 17.9 Å². The first-order chi connectivity index (χ1) is 15.7. The molecule has 0 aromatic heterocycles. The van der Waals surface area contributed by atoms with Gasteiger partial charge in [-0.25, -0.2) is 0 Å². The topological polar surface area (TPSA) is 85.4 Å². The Morgan fingerprint density at radius 3 is 1.61 bits per heavy atom. The van der Waals surface area contributed by atoms with Crippen LogP contribution in [0.3, 0.4) is 0 Å². The molecule has 3 rings (SSSR count). The largest absolute Gasteiger partial charge is 0.426 e. The van der Waals surface area contributed by atoms with E-state index < -0.39 is 11.9 Å². The molecule has 0 saturated carbocycles. The van der Waals surface area contributed by atoms with Crippen molar-refractivity contribution in [2.45, 2.75) is 40.8 Å². The van der Waals surface area contributed by atoms with Gasteiger partial charge in [0.25, 0.3) is 0 Å². The smallest absolute Gasteiger partial charge is 0.308 e. The van der Waals surface area contributed by atoms with Gasteiger partial charge < -0.3 is 14.2 Å². The Bertz CT molecular complexity index is 1030. The number of carbonyl (C=O) groups is 3. The molecule has 0 unspecified atom stereocenters. The Morgan fingerprint density at radius 2 is 1.09 bits per heavy atom. The number of carbonyl (C=O) groups excluding carboxylic acids is 3. The standard InChI is InChI=1S/C25H30N2O6/c1-17-5-6-21(13-24(17)32-19(3)29)15-26-9-11-27(12-10-26)16-22-7-8-23(31-18(2)28)25(14-22)33-20(4)30/h5-8,13-14H,9-12,15-16H2,1-4H3. The van der Waals surface area contributed by atoms with E-state index in [-0.39, 0.29) is 17.5 Å². The Hall–Kier alpha value is -3.23. The second-order valence-corrected chi connectivity index (χ2v) is 8.21. The van der Waals surface area contributed by atoms with Crippen molar-refractivity contribution in [3.63, 3.8) is 0 Å². The Kier molecular flexibility index (Phi) is 8.19. The Balaban J connectivity index is 1.57. The maximum absolute atomic E-state index is 11.4. The Morgan fingerprint density at radius 1 is 0.667 bits per heavy atom. The number of rotatable bonds is 7. The van der Waals surface area contributed by atoms with Gasteiger partial charge in [-0.1, -0.05) is 18.2 Å². The molecule has 2 aromatic rings. The zero-order chi connectivity index (χ0) is 24.0. The van der Waals surface area contributed by atoms with Crippen molar-refractivity contribution < 1.29 is 28.6 Å². The number of benzene rings is 2. The highest BCUT2D eigenvalue weighted by Crippen LogP contribution is 2.29. The van der Waals surface area contributed by atoms with Gasteiger partial charge in [-0.05, 0) is 41.8 Å². The molecule has 0 atom stereocenters. The maximum atomic E-state index is 11.4. The highest BCUT2D eigenvalue weighted by Gasteiger charge is 2.19. The molecule has 0 bridgehead atoms. The van der Waals surface area contributed by atoms with Crippen LogP contribution in [0.1, 0.15) is 37.5 Å². The molecule has 0 aliphatic carbocycles. The lowest BCUT2D eigenvalue weighted by Crippen LogP contribution is -2.45. The summed E-state index contributed by atoms with van der Waals surface area (Å²) in [4.78, 5) is 38.7. The van der Waals surface area contributed by atoms with Crippen molar-refractivity contribution >= 4 is 17.9 Å². The molecule has 1 aliphatic heterocycles. The number of nitrogens with zero attached hydrogens (tertiary/aromatic N) is 2. The molecule has 0 spiro atoms. The third kappa shape index (κ3) is 7.40. The molecule has 0 amide bonds. The van der Waals surface area contributed by atoms with Gasteiger partial charge in [0, 0.05) is 60.0 Å². The minimum Gasteiger partial charge on any atom is -0.426 e. The van der Waals surface area contributed by atoms with Crippen LogP contribution >= 0.6 is 0 Å². The first-order valence-corrected chi connectivity index (χ1v) is 10.9. The SMILES string of the molecule is CC(=O)Oc1cc(CN2CCN(Cc3ccc(OC(C)=O)c(OC(C)=O)c3)CC2)ccc1C. The summed E-state index contributed by atoms with van der Waals surface area (Å²) in [6.07, 6.45) is 0. The number of ether oxygens (including phenoxy) is 3. The minimum absolute atomic E-state index is 0.234. The van der Waals surface area contributed by atoms with E-state index in [1.807, 2.05) is 25.1 Å². The average Bonchev–Trinajstić information content (AvgIpc) is 2.73. The summed E-state index contributed by atoms with van der Waals surface area (Å²) >= 11 is 0. The molecule has 8 heteroatoms. The lowest BCUT2D eigenvalue weighted by atomic mass is 10.1. The summed E-state index contributed by atoms with van der Waals surface area (Å²) in [6.45, 7) is 11.0. The molecular formula is C25H30N2O6. The van der Waals surface area contributed by atoms with Crippen LogP contribution in [0.4, 0.5) is 0 Å². The quantitative estimate of drug-likeness (QED) is 0.466. The van der Waals surface area contributed by atoms with Gasteiger partial charge in [-0.2, -0.15) is 0 Å². The van der Waals surface area contributed by atoms with Crippen molar-refractivity contribution in [3.05, 3.63) is 53.1 Å². The van der Waals surface area contributed by atoms with E-state index in [0.29, 0.717) is 12.3 Å². The van der Waals surface area contributed by atoms with Crippen LogP contribution in [0.25, 0.3) is 0 Å². The van der Waals surface area contributed by atoms with Crippen molar-refractivity contribution in [2.24, 2.45) is 0 Å². The average molecular weight is 455 g/mol. The number of esters is 3. The molecule has 0 radical (unpaired) electrons. The monoisotopic (exact) mass is 454 g/mol. The third-order valence-electron chi connectivity index (χ3n) is 5.30. The molecule has 1 saturated heterocycles. The van der Waals surface area contributed by atoms with Crippen LogP contribution < -0.4 is 14.2 Å². The second kappa shape index (κ2) is 11.1. The fourth-order valence-electron chi connectivity index (χ4n) is 3.75. The van der Waals surface area contributed by atoms with Crippen LogP contribution in [0, 0.1) is 6.92 Å². The summed E-state index contributed by atoms with van der Waals surface area (Å²) in [5.41, 5.74) is 3.02. The minimum atomic E-state index is -0.471. The van der Waals surface area contributed by atoms with Crippen molar-refractivity contribution in [2.75, 3.05) is 26.2 Å². The summed E-state index contributed by atoms with van der Waals surface area (Å²) in [6, 6.07) is 11.3. The number of hydrogen-bond donors (Lipinski definition) is 0. The maximum Gasteiger partial charge on any atom is 0.308 e. The summed E-state index contributed by atoms with van der Waals surface area (Å²) in [5.74, 6) is -0.168. The number of hydrogen-bond acceptors (Lipinski definition) is 8. The molecule has 1 heterocycles. The molecule has 0 N–H and O–H groups in total. The molecular weight excluding hydrogens is 424 g/mol. The second-order valence-electron chi connectivity index (χ2n) is 8.21. The predicted octanol–water partition coefficient (Wildman–Crippen LogP) is 3.09. The van der Waals surface area contributed by atoms with E-state index in [0.717, 1.165) is 49.4 Å². The first kappa shape index (κ1) is 24.4. The molecule has 1 aliphatic rings. The summed E-state index contributed by atoms with van der Waals surface area (Å²) in [5, 5.41) is 0. The van der Waals surface area contributed by atoms with Crippen LogP contribution in [0.5, 0.6) is 17.2 Å². The van der Waals surface area contributed by atoms with Crippen molar-refractivity contribution in [3.8, 4) is 17.2 Å². The van der Waals surface area contributed by atoms with Crippen LogP contribution in [0.15, 0.2) is 36.4 Å². The van der Waals surface area contributed by atoms with Crippen molar-refractivity contribution in [1.29, 1.82) is 0 Å². The van der Waals surface area contributed by atoms with Crippen LogP contribution in [-0.2, 0) is 27.5 Å². The highest BCUT2D eigenvalue weighted by atomic mass is 16.6. The van der Waals surface area contributed by atoms with E-state index in [1.54, 1.807) is 12.1 Å². The van der Waals surface area contributed by atoms with Gasteiger partial charge in [0.1, 0.15) is 5.75 Å². The molecule has 1 fully saturated rings. The molecule has 2 aromatic carbocycles. The first-order valence-electron chi connectivity index (χ1n) is 10.9. The highest BCUT2D eigenvalue weighted by molar-refractivity contribution is 5.73. The Labute approximate surface area is 194 Å². The van der Waals surface area contributed by atoms with E-state index in [1.165, 1.54) is 20.8 Å². The van der Waals surface area contributed by atoms with Gasteiger partial charge in [0.05, 0.1) is 0 Å². The molecule has 176 valence electrons. The fourth-order valence-corrected chi connectivity index (χ4v) is 3.75. The van der Waals surface area contributed by atoms with Crippen LogP contribution in [0.2, 0.25) is 0 Å². The zero-order valence-corrected chi connectivity index (χ0v) is 19.6. The lowest BCUT2D eigenvalue weighted by molar-refractivity contribution is -0.134. The number of piperazine rings is 1. The predicted molar refractivity (Wildman–Crippen MR) is 122 cm³/mol. The normalized spacial score (nSPS) is 14.5. The molecule has 8 nitrogen and oxygen atoms in total. The fraction of sp³-hybridized carbons (Fsp3) is 0.400. The summed E-state index contributed by atoms with van der Waals surface area (Å²) < 4.78 is 15.7. The third-order valence-corrected chi connectivity index (χ3v) is 5.30. The van der Waals surface area contributed by atoms with Crippen molar-refractivity contribution in [1.82, 2.24) is 9.80 Å². The zero-order valence-electron chi connectivity index (χ0n) is 19.6. The number of aryl methyl sites for hydroxylation is 1. The van der Waals surface area contributed by atoms with Gasteiger partial charge in [-0.15, -0.1) is 0 Å².